The van der Waals surface area contributed by atoms with E-state index in [0.29, 0.717) is 23.8 Å². The zero-order chi connectivity index (χ0) is 11.2. The zero-order valence-electron chi connectivity index (χ0n) is 9.29. The van der Waals surface area contributed by atoms with Gasteiger partial charge in [-0.15, -0.1) is 11.6 Å². The second kappa shape index (κ2) is 6.67. The predicted octanol–water partition coefficient (Wildman–Crippen LogP) is 2.85. The molecule has 0 bridgehead atoms. The Hall–Kier alpha value is 0.240. The third-order valence-electron chi connectivity index (χ3n) is 2.16. The molecule has 4 heteroatoms. The first-order chi connectivity index (χ1) is 6.37. The normalized spacial score (nSPS) is 16.6. The summed E-state index contributed by atoms with van der Waals surface area (Å²) in [5.74, 6) is 1.02. The Balaban J connectivity index is 3.82. The van der Waals surface area contributed by atoms with E-state index >= 15 is 0 Å². The molecule has 0 radical (unpaired) electrons. The van der Waals surface area contributed by atoms with E-state index in [0.717, 1.165) is 12.8 Å². The van der Waals surface area contributed by atoms with Crippen LogP contribution in [0.1, 0.15) is 40.0 Å². The predicted molar refractivity (Wildman–Crippen MR) is 62.7 cm³/mol. The van der Waals surface area contributed by atoms with Gasteiger partial charge >= 0.3 is 0 Å². The van der Waals surface area contributed by atoms with Gasteiger partial charge in [0.15, 0.2) is 0 Å². The van der Waals surface area contributed by atoms with Gasteiger partial charge in [-0.2, -0.15) is 0 Å². The van der Waals surface area contributed by atoms with Crippen molar-refractivity contribution in [2.24, 2.45) is 5.92 Å². The number of halogens is 1. The molecule has 0 aliphatic heterocycles. The summed E-state index contributed by atoms with van der Waals surface area (Å²) >= 11 is 5.83. The average molecular weight is 241 g/mol. The standard InChI is InChI=1S/C10H21ClO2S/c1-4-6-14(12,13)7-5-9(2)8-10(3)11/h9-10H,4-8H2,1-3H3. The average Bonchev–Trinajstić information content (AvgIpc) is 2.00. The fourth-order valence-corrected chi connectivity index (χ4v) is 3.36. The number of hydrogen-bond donors (Lipinski definition) is 0. The van der Waals surface area contributed by atoms with Gasteiger partial charge in [-0.3, -0.25) is 0 Å². The molecule has 0 aromatic rings. The summed E-state index contributed by atoms with van der Waals surface area (Å²) in [4.78, 5) is 0. The highest BCUT2D eigenvalue weighted by Gasteiger charge is 2.13. The molecule has 0 N–H and O–H groups in total. The van der Waals surface area contributed by atoms with Gasteiger partial charge in [0.1, 0.15) is 9.84 Å². The second-order valence-electron chi connectivity index (χ2n) is 4.06. The molecular weight excluding hydrogens is 220 g/mol. The first kappa shape index (κ1) is 14.2. The molecule has 0 aromatic heterocycles. The molecule has 86 valence electrons. The number of alkyl halides is 1. The quantitative estimate of drug-likeness (QED) is 0.642. The highest BCUT2D eigenvalue weighted by molar-refractivity contribution is 7.91. The maximum absolute atomic E-state index is 11.4. The minimum absolute atomic E-state index is 0.138. The largest absolute Gasteiger partial charge is 0.229 e. The van der Waals surface area contributed by atoms with Crippen LogP contribution in [0.25, 0.3) is 0 Å². The maximum atomic E-state index is 11.4. The third kappa shape index (κ3) is 7.63. The van der Waals surface area contributed by atoms with Gasteiger partial charge in [0.05, 0.1) is 5.75 Å². The minimum Gasteiger partial charge on any atom is -0.229 e. The smallest absolute Gasteiger partial charge is 0.150 e. The van der Waals surface area contributed by atoms with E-state index < -0.39 is 9.84 Å². The first-order valence-electron chi connectivity index (χ1n) is 5.22. The number of rotatable bonds is 7. The van der Waals surface area contributed by atoms with Gasteiger partial charge in [0.2, 0.25) is 0 Å². The van der Waals surface area contributed by atoms with Crippen LogP contribution in [-0.2, 0) is 9.84 Å². The molecule has 0 rings (SSSR count). The Kier molecular flexibility index (Phi) is 6.79. The van der Waals surface area contributed by atoms with E-state index in [-0.39, 0.29) is 5.38 Å². The van der Waals surface area contributed by atoms with Crippen LogP contribution < -0.4 is 0 Å². The Morgan fingerprint density at radius 2 is 1.79 bits per heavy atom. The first-order valence-corrected chi connectivity index (χ1v) is 7.47. The molecule has 0 aromatic carbocycles. The molecule has 2 unspecified atom stereocenters. The molecule has 0 heterocycles. The van der Waals surface area contributed by atoms with E-state index in [9.17, 15) is 8.42 Å². The van der Waals surface area contributed by atoms with Crippen LogP contribution in [0, 0.1) is 5.92 Å². The van der Waals surface area contributed by atoms with Gasteiger partial charge in [0.25, 0.3) is 0 Å². The van der Waals surface area contributed by atoms with Crippen molar-refractivity contribution in [1.82, 2.24) is 0 Å². The van der Waals surface area contributed by atoms with Crippen molar-refractivity contribution in [3.05, 3.63) is 0 Å². The Labute approximate surface area is 93.0 Å². The fourth-order valence-electron chi connectivity index (χ4n) is 1.47. The van der Waals surface area contributed by atoms with Crippen LogP contribution in [0.5, 0.6) is 0 Å². The lowest BCUT2D eigenvalue weighted by Crippen LogP contribution is -2.14. The minimum atomic E-state index is -2.81. The summed E-state index contributed by atoms with van der Waals surface area (Å²) in [6.07, 6.45) is 2.34. The van der Waals surface area contributed by atoms with Crippen molar-refractivity contribution in [1.29, 1.82) is 0 Å². The summed E-state index contributed by atoms with van der Waals surface area (Å²) < 4.78 is 22.8. The van der Waals surface area contributed by atoms with Crippen molar-refractivity contribution in [2.75, 3.05) is 11.5 Å². The van der Waals surface area contributed by atoms with Crippen LogP contribution in [0.15, 0.2) is 0 Å². The van der Waals surface area contributed by atoms with E-state index in [1.165, 1.54) is 0 Å². The molecule has 2 nitrogen and oxygen atoms in total. The van der Waals surface area contributed by atoms with Gasteiger partial charge in [-0.25, -0.2) is 8.42 Å². The van der Waals surface area contributed by atoms with E-state index in [2.05, 4.69) is 6.92 Å². The molecule has 0 amide bonds. The Morgan fingerprint density at radius 3 is 2.21 bits per heavy atom. The molecule has 0 saturated heterocycles. The summed E-state index contributed by atoms with van der Waals surface area (Å²) in [7, 11) is -2.81. The van der Waals surface area contributed by atoms with Crippen molar-refractivity contribution in [3.63, 3.8) is 0 Å². The lowest BCUT2D eigenvalue weighted by atomic mass is 10.0. The molecule has 0 fully saturated rings. The molecule has 2 atom stereocenters. The molecule has 0 spiro atoms. The highest BCUT2D eigenvalue weighted by atomic mass is 35.5. The molecule has 0 saturated carbocycles. The van der Waals surface area contributed by atoms with Crippen LogP contribution in [-0.4, -0.2) is 25.3 Å². The third-order valence-corrected chi connectivity index (χ3v) is 4.23. The van der Waals surface area contributed by atoms with Gasteiger partial charge < -0.3 is 0 Å². The number of hydrogen-bond acceptors (Lipinski definition) is 2. The van der Waals surface area contributed by atoms with Gasteiger partial charge in [-0.05, 0) is 32.1 Å². The summed E-state index contributed by atoms with van der Waals surface area (Å²) in [5.41, 5.74) is 0. The second-order valence-corrected chi connectivity index (χ2v) is 7.11. The SMILES string of the molecule is CCCS(=O)(=O)CCC(C)CC(C)Cl. The number of sulfone groups is 1. The van der Waals surface area contributed by atoms with Crippen molar-refractivity contribution in [2.45, 2.75) is 45.4 Å². The van der Waals surface area contributed by atoms with Crippen LogP contribution in [0.2, 0.25) is 0 Å². The van der Waals surface area contributed by atoms with Crippen LogP contribution in [0.3, 0.4) is 0 Å². The molecule has 0 aliphatic rings. The fraction of sp³-hybridized carbons (Fsp3) is 1.00. The molecule has 14 heavy (non-hydrogen) atoms. The monoisotopic (exact) mass is 240 g/mol. The maximum Gasteiger partial charge on any atom is 0.150 e. The van der Waals surface area contributed by atoms with Crippen molar-refractivity contribution >= 4 is 21.4 Å². The van der Waals surface area contributed by atoms with Crippen molar-refractivity contribution < 1.29 is 8.42 Å². The lowest BCUT2D eigenvalue weighted by Gasteiger charge is -2.12. The van der Waals surface area contributed by atoms with E-state index in [1.807, 2.05) is 13.8 Å². The van der Waals surface area contributed by atoms with Gasteiger partial charge in [-0.1, -0.05) is 13.8 Å². The lowest BCUT2D eigenvalue weighted by molar-refractivity contribution is 0.506. The topological polar surface area (TPSA) is 34.1 Å². The van der Waals surface area contributed by atoms with E-state index in [1.54, 1.807) is 0 Å². The summed E-state index contributed by atoms with van der Waals surface area (Å²) in [6.45, 7) is 5.89. The van der Waals surface area contributed by atoms with Crippen molar-refractivity contribution in [3.8, 4) is 0 Å². The molecule has 0 aliphatic carbocycles. The Morgan fingerprint density at radius 1 is 1.21 bits per heavy atom. The summed E-state index contributed by atoms with van der Waals surface area (Å²) in [5, 5.41) is 0.138. The summed E-state index contributed by atoms with van der Waals surface area (Å²) in [6, 6.07) is 0. The van der Waals surface area contributed by atoms with E-state index in [4.69, 9.17) is 11.6 Å². The molecular formula is C10H21ClO2S. The highest BCUT2D eigenvalue weighted by Crippen LogP contribution is 2.15. The van der Waals surface area contributed by atoms with Crippen LogP contribution >= 0.6 is 11.6 Å². The van der Waals surface area contributed by atoms with Gasteiger partial charge in [0, 0.05) is 11.1 Å². The van der Waals surface area contributed by atoms with Crippen LogP contribution in [0.4, 0.5) is 0 Å². The zero-order valence-corrected chi connectivity index (χ0v) is 10.9. The Bertz CT molecular complexity index is 235.